The van der Waals surface area contributed by atoms with Crippen LogP contribution in [-0.4, -0.2) is 37.8 Å². The number of nitro groups is 1. The van der Waals surface area contributed by atoms with E-state index in [-0.39, 0.29) is 24.4 Å². The number of fused-ring (bicyclic) bond motifs is 3. The van der Waals surface area contributed by atoms with Gasteiger partial charge in [0.05, 0.1) is 11.0 Å². The third-order valence-corrected chi connectivity index (χ3v) is 5.40. The highest BCUT2D eigenvalue weighted by Crippen LogP contribution is 2.41. The van der Waals surface area contributed by atoms with Crippen LogP contribution in [0.2, 0.25) is 0 Å². The molecule has 148 valence electrons. The van der Waals surface area contributed by atoms with Gasteiger partial charge in [0.25, 0.3) is 5.69 Å². The van der Waals surface area contributed by atoms with E-state index in [4.69, 9.17) is 0 Å². The van der Waals surface area contributed by atoms with Crippen LogP contribution in [0.1, 0.15) is 36.2 Å². The predicted octanol–water partition coefficient (Wildman–Crippen LogP) is 3.41. The van der Waals surface area contributed by atoms with Crippen LogP contribution in [0.25, 0.3) is 10.9 Å². The van der Waals surface area contributed by atoms with Gasteiger partial charge in [0.2, 0.25) is 5.91 Å². The molecular formula is C21H19N3O5. The Morgan fingerprint density at radius 1 is 1.24 bits per heavy atom. The number of amides is 1. The van der Waals surface area contributed by atoms with Gasteiger partial charge >= 0.3 is 5.97 Å². The number of nitrogens with zero attached hydrogens (tertiary/aromatic N) is 2. The molecule has 3 aromatic rings. The number of benzene rings is 2. The smallest absolute Gasteiger partial charge is 0.326 e. The Morgan fingerprint density at radius 3 is 2.69 bits per heavy atom. The molecule has 0 spiro atoms. The second-order valence-electron chi connectivity index (χ2n) is 7.03. The molecule has 1 aliphatic heterocycles. The standard InChI is InChI=1S/C21H19N3O5/c1-2-18(25)23-17(21(26)27)11-15-14-8-3-4-9-16(14)22-19(15)20(23)12-6-5-7-13(10-12)24(28)29/h3-10,17,20,22H,2,11H2,1H3,(H,26,27)/t17-,20-/m0/s1. The fourth-order valence-corrected chi connectivity index (χ4v) is 4.13. The molecule has 0 unspecified atom stereocenters. The maximum Gasteiger partial charge on any atom is 0.326 e. The van der Waals surface area contributed by atoms with Crippen LogP contribution in [0.5, 0.6) is 0 Å². The van der Waals surface area contributed by atoms with Crippen LogP contribution in [0.4, 0.5) is 5.69 Å². The molecule has 8 heteroatoms. The van der Waals surface area contributed by atoms with Crippen molar-refractivity contribution in [3.8, 4) is 0 Å². The summed E-state index contributed by atoms with van der Waals surface area (Å²) >= 11 is 0. The zero-order valence-electron chi connectivity index (χ0n) is 15.7. The van der Waals surface area contributed by atoms with Crippen molar-refractivity contribution in [2.45, 2.75) is 31.8 Å². The number of nitrogens with one attached hydrogen (secondary N) is 1. The summed E-state index contributed by atoms with van der Waals surface area (Å²) in [7, 11) is 0. The van der Waals surface area contributed by atoms with Crippen molar-refractivity contribution in [3.05, 3.63) is 75.5 Å². The van der Waals surface area contributed by atoms with E-state index < -0.39 is 23.0 Å². The molecule has 2 heterocycles. The van der Waals surface area contributed by atoms with Gasteiger partial charge in [-0.05, 0) is 17.2 Å². The number of carbonyl (C=O) groups is 2. The summed E-state index contributed by atoms with van der Waals surface area (Å²) in [5.41, 5.74) is 2.75. The van der Waals surface area contributed by atoms with Gasteiger partial charge in [-0.15, -0.1) is 0 Å². The van der Waals surface area contributed by atoms with Crippen molar-refractivity contribution in [3.63, 3.8) is 0 Å². The molecule has 8 nitrogen and oxygen atoms in total. The fourth-order valence-electron chi connectivity index (χ4n) is 4.13. The lowest BCUT2D eigenvalue weighted by Crippen LogP contribution is -2.51. The maximum atomic E-state index is 12.8. The molecule has 2 atom stereocenters. The lowest BCUT2D eigenvalue weighted by molar-refractivity contribution is -0.384. The molecule has 0 fully saturated rings. The Kier molecular flexibility index (Phi) is 4.54. The van der Waals surface area contributed by atoms with Crippen LogP contribution in [-0.2, 0) is 16.0 Å². The molecule has 0 saturated carbocycles. The van der Waals surface area contributed by atoms with Gasteiger partial charge in [-0.3, -0.25) is 14.9 Å². The Labute approximate surface area is 165 Å². The molecule has 0 saturated heterocycles. The third-order valence-electron chi connectivity index (χ3n) is 5.40. The van der Waals surface area contributed by atoms with Gasteiger partial charge in [-0.1, -0.05) is 37.3 Å². The fraction of sp³-hybridized carbons (Fsp3) is 0.238. The number of H-pyrrole nitrogens is 1. The minimum Gasteiger partial charge on any atom is -0.480 e. The van der Waals surface area contributed by atoms with Gasteiger partial charge in [-0.2, -0.15) is 0 Å². The van der Waals surface area contributed by atoms with Crippen molar-refractivity contribution in [1.82, 2.24) is 9.88 Å². The van der Waals surface area contributed by atoms with Crippen LogP contribution < -0.4 is 0 Å². The summed E-state index contributed by atoms with van der Waals surface area (Å²) < 4.78 is 0. The average molecular weight is 393 g/mol. The molecule has 4 rings (SSSR count). The Bertz CT molecular complexity index is 1140. The highest BCUT2D eigenvalue weighted by atomic mass is 16.6. The summed E-state index contributed by atoms with van der Waals surface area (Å²) in [6, 6.07) is 11.7. The van der Waals surface area contributed by atoms with Gasteiger partial charge in [0, 0.05) is 41.6 Å². The molecule has 0 radical (unpaired) electrons. The van der Waals surface area contributed by atoms with E-state index in [1.807, 2.05) is 24.3 Å². The number of hydrogen-bond donors (Lipinski definition) is 2. The number of carbonyl (C=O) groups excluding carboxylic acids is 1. The van der Waals surface area contributed by atoms with Crippen LogP contribution in [0, 0.1) is 10.1 Å². The molecule has 0 aliphatic carbocycles. The van der Waals surface area contributed by atoms with E-state index in [2.05, 4.69) is 4.98 Å². The monoisotopic (exact) mass is 393 g/mol. The molecule has 0 bridgehead atoms. The number of carboxylic acid groups (broad SMARTS) is 1. The first-order valence-corrected chi connectivity index (χ1v) is 9.30. The van der Waals surface area contributed by atoms with Crippen molar-refractivity contribution >= 4 is 28.5 Å². The van der Waals surface area contributed by atoms with E-state index in [1.54, 1.807) is 19.1 Å². The Balaban J connectivity index is 2.00. The summed E-state index contributed by atoms with van der Waals surface area (Å²) in [5.74, 6) is -1.42. The van der Waals surface area contributed by atoms with E-state index in [0.717, 1.165) is 16.5 Å². The number of nitro benzene ring substituents is 1. The van der Waals surface area contributed by atoms with Crippen molar-refractivity contribution in [2.24, 2.45) is 0 Å². The lowest BCUT2D eigenvalue weighted by Gasteiger charge is -2.40. The summed E-state index contributed by atoms with van der Waals surface area (Å²) in [4.78, 5) is 40.4. The highest BCUT2D eigenvalue weighted by molar-refractivity contribution is 5.90. The molecule has 1 amide bonds. The first-order chi connectivity index (χ1) is 13.9. The van der Waals surface area contributed by atoms with Gasteiger partial charge in [0.1, 0.15) is 6.04 Å². The number of aliphatic carboxylic acids is 1. The van der Waals surface area contributed by atoms with Crippen LogP contribution in [0.15, 0.2) is 48.5 Å². The highest BCUT2D eigenvalue weighted by Gasteiger charge is 2.43. The van der Waals surface area contributed by atoms with Crippen LogP contribution in [0.3, 0.4) is 0 Å². The first-order valence-electron chi connectivity index (χ1n) is 9.30. The number of para-hydroxylation sites is 1. The zero-order chi connectivity index (χ0) is 20.7. The third kappa shape index (κ3) is 3.02. The average Bonchev–Trinajstić information content (AvgIpc) is 3.10. The Morgan fingerprint density at radius 2 is 2.00 bits per heavy atom. The van der Waals surface area contributed by atoms with E-state index in [0.29, 0.717) is 11.3 Å². The van der Waals surface area contributed by atoms with Crippen molar-refractivity contribution in [1.29, 1.82) is 0 Å². The Hall–Kier alpha value is -3.68. The second-order valence-corrected chi connectivity index (χ2v) is 7.03. The molecular weight excluding hydrogens is 374 g/mol. The van der Waals surface area contributed by atoms with Gasteiger partial charge in [-0.25, -0.2) is 4.79 Å². The van der Waals surface area contributed by atoms with Crippen molar-refractivity contribution in [2.75, 3.05) is 0 Å². The topological polar surface area (TPSA) is 117 Å². The largest absolute Gasteiger partial charge is 0.480 e. The number of aromatic nitrogens is 1. The summed E-state index contributed by atoms with van der Waals surface area (Å²) in [6.07, 6.45) is 0.302. The normalized spacial score (nSPS) is 18.4. The van der Waals surface area contributed by atoms with Crippen molar-refractivity contribution < 1.29 is 19.6 Å². The summed E-state index contributed by atoms with van der Waals surface area (Å²) in [5, 5.41) is 22.1. The molecule has 2 aromatic carbocycles. The minimum atomic E-state index is -1.10. The first kappa shape index (κ1) is 18.7. The minimum absolute atomic E-state index is 0.110. The quantitative estimate of drug-likeness (QED) is 0.520. The predicted molar refractivity (Wildman–Crippen MR) is 106 cm³/mol. The number of rotatable bonds is 4. The van der Waals surface area contributed by atoms with Gasteiger partial charge in [0.15, 0.2) is 0 Å². The number of aromatic amines is 1. The molecule has 1 aromatic heterocycles. The van der Waals surface area contributed by atoms with E-state index in [9.17, 15) is 24.8 Å². The zero-order valence-corrected chi connectivity index (χ0v) is 15.7. The molecule has 2 N–H and O–H groups in total. The number of carboxylic acids is 1. The van der Waals surface area contributed by atoms with E-state index in [1.165, 1.54) is 17.0 Å². The molecule has 1 aliphatic rings. The van der Waals surface area contributed by atoms with Crippen LogP contribution >= 0.6 is 0 Å². The number of non-ortho nitro benzene ring substituents is 1. The lowest BCUT2D eigenvalue weighted by atomic mass is 9.87. The molecule has 29 heavy (non-hydrogen) atoms. The SMILES string of the molecule is CCC(=O)N1[C@@H](c2cccc([N+](=O)[O-])c2)c2[nH]c3ccccc3c2C[C@H]1C(=O)O. The van der Waals surface area contributed by atoms with E-state index >= 15 is 0 Å². The maximum absolute atomic E-state index is 12.8. The van der Waals surface area contributed by atoms with Gasteiger partial charge < -0.3 is 15.0 Å². The second kappa shape index (κ2) is 7.05. The number of hydrogen-bond acceptors (Lipinski definition) is 4. The summed E-state index contributed by atoms with van der Waals surface area (Å²) in [6.45, 7) is 1.67.